The molecule has 12 nitrogen and oxygen atoms in total. The minimum Gasteiger partial charge on any atom is -0.444 e. The topological polar surface area (TPSA) is 176 Å². The lowest BCUT2D eigenvalue weighted by molar-refractivity contribution is -0.128. The third-order valence-corrected chi connectivity index (χ3v) is 6.37. The number of hydrogen-bond donors (Lipinski definition) is 4. The first kappa shape index (κ1) is 34.8. The Morgan fingerprint density at radius 2 is 1.68 bits per heavy atom. The molecule has 1 aromatic rings. The summed E-state index contributed by atoms with van der Waals surface area (Å²) in [6.07, 6.45) is 2.16. The van der Waals surface area contributed by atoms with Crippen molar-refractivity contribution in [3.8, 4) is 5.75 Å². The number of carbonyl (C=O) groups excluding carboxylic acids is 3. The highest BCUT2D eigenvalue weighted by atomic mass is 31.2. The fourth-order valence-corrected chi connectivity index (χ4v) is 4.53. The number of ether oxygens (including phenoxy) is 1. The van der Waals surface area contributed by atoms with Crippen LogP contribution in [0, 0.1) is 5.92 Å². The van der Waals surface area contributed by atoms with E-state index in [0.717, 1.165) is 0 Å². The van der Waals surface area contributed by atoms with Gasteiger partial charge >= 0.3 is 13.9 Å². The second-order valence-corrected chi connectivity index (χ2v) is 11.9. The zero-order valence-corrected chi connectivity index (χ0v) is 24.7. The highest BCUT2D eigenvalue weighted by Gasteiger charge is 2.31. The Morgan fingerprint density at radius 3 is 2.15 bits per heavy atom. The van der Waals surface area contributed by atoms with Gasteiger partial charge in [-0.05, 0) is 50.8 Å². The van der Waals surface area contributed by atoms with Crippen molar-refractivity contribution in [3.05, 3.63) is 54.6 Å². The second kappa shape index (κ2) is 16.2. The van der Waals surface area contributed by atoms with Crippen LogP contribution in [0.25, 0.3) is 0 Å². The fraction of sp³-hybridized carbons (Fsp3) is 0.519. The molecular formula is C27H42N3O9P. The van der Waals surface area contributed by atoms with E-state index in [-0.39, 0.29) is 36.9 Å². The predicted octanol–water partition coefficient (Wildman–Crippen LogP) is 3.52. The highest BCUT2D eigenvalue weighted by molar-refractivity contribution is 7.48. The molecule has 5 N–H and O–H groups in total. The summed E-state index contributed by atoms with van der Waals surface area (Å²) in [5.41, 5.74) is 5.37. The Bertz CT molecular complexity index is 1070. The number of alkyl carbamates (subject to hydrolysis) is 1. The molecule has 0 aliphatic heterocycles. The van der Waals surface area contributed by atoms with Gasteiger partial charge in [0.15, 0.2) is 0 Å². The summed E-state index contributed by atoms with van der Waals surface area (Å²) in [6, 6.07) is 2.38. The molecule has 0 aliphatic rings. The number of amides is 3. The first-order valence-corrected chi connectivity index (χ1v) is 14.2. The summed E-state index contributed by atoms with van der Waals surface area (Å²) in [4.78, 5) is 37.7. The van der Waals surface area contributed by atoms with Crippen LogP contribution in [-0.4, -0.2) is 53.9 Å². The van der Waals surface area contributed by atoms with Gasteiger partial charge in [0.1, 0.15) is 23.4 Å². The molecule has 0 aliphatic carbocycles. The highest BCUT2D eigenvalue weighted by Crippen LogP contribution is 2.50. The average molecular weight is 584 g/mol. The molecule has 1 aromatic carbocycles. The van der Waals surface area contributed by atoms with Gasteiger partial charge in [-0.25, -0.2) is 9.36 Å². The second-order valence-electron chi connectivity index (χ2n) is 10.3. The minimum atomic E-state index is -4.08. The monoisotopic (exact) mass is 583 g/mol. The largest absolute Gasteiger partial charge is 0.530 e. The molecule has 2 atom stereocenters. The molecule has 2 unspecified atom stereocenters. The maximum Gasteiger partial charge on any atom is 0.530 e. The number of phosphoric ester groups is 1. The van der Waals surface area contributed by atoms with Crippen molar-refractivity contribution in [1.82, 2.24) is 10.6 Å². The van der Waals surface area contributed by atoms with Crippen molar-refractivity contribution in [1.29, 1.82) is 0 Å². The molecule has 0 aromatic heterocycles. The van der Waals surface area contributed by atoms with Gasteiger partial charge in [0, 0.05) is 12.0 Å². The first-order chi connectivity index (χ1) is 18.6. The van der Waals surface area contributed by atoms with E-state index in [0.29, 0.717) is 12.0 Å². The number of hydrogen-bond acceptors (Lipinski definition) is 9. The molecule has 0 radical (unpaired) electrons. The summed E-state index contributed by atoms with van der Waals surface area (Å²) in [5.74, 6) is -1.27. The molecule has 13 heteroatoms. The van der Waals surface area contributed by atoms with E-state index in [1.807, 2.05) is 13.8 Å². The fourth-order valence-electron chi connectivity index (χ4n) is 3.36. The normalized spacial score (nSPS) is 13.2. The summed E-state index contributed by atoms with van der Waals surface area (Å²) in [6.45, 7) is 15.1. The number of carbonyl (C=O) groups is 3. The lowest BCUT2D eigenvalue weighted by Crippen LogP contribution is -2.54. The Morgan fingerprint density at radius 1 is 1.07 bits per heavy atom. The van der Waals surface area contributed by atoms with E-state index in [9.17, 15) is 24.1 Å². The number of nitrogens with two attached hydrogens (primary N) is 1. The van der Waals surface area contributed by atoms with E-state index < -0.39 is 50.0 Å². The molecule has 224 valence electrons. The van der Waals surface area contributed by atoms with Crippen molar-refractivity contribution in [3.63, 3.8) is 0 Å². The molecule has 0 spiro atoms. The van der Waals surface area contributed by atoms with Gasteiger partial charge in [-0.15, -0.1) is 13.2 Å². The van der Waals surface area contributed by atoms with Gasteiger partial charge < -0.3 is 30.7 Å². The lowest BCUT2D eigenvalue weighted by Gasteiger charge is -2.25. The minimum absolute atomic E-state index is 0.0227. The zero-order chi connectivity index (χ0) is 30.5. The van der Waals surface area contributed by atoms with E-state index in [1.54, 1.807) is 26.8 Å². The molecule has 40 heavy (non-hydrogen) atoms. The van der Waals surface area contributed by atoms with E-state index in [2.05, 4.69) is 23.8 Å². The Balaban J connectivity index is 3.28. The van der Waals surface area contributed by atoms with Gasteiger partial charge in [0.05, 0.1) is 19.8 Å². The molecule has 1 rings (SSSR count). The standard InChI is InChI=1S/C27H42N3O9P/c1-8-12-36-40(35,37-13-9-2)39-23-11-10-19(15-20(23)17-31)16-22(30-26(34)38-27(5,6)7)25(33)29-21(24(28)32)14-18(3)4/h8-11,15,18,21-22,31H,1-2,12-14,16-17H2,3-7H3,(H2,28,32)(H,29,33)(H,30,34). The van der Waals surface area contributed by atoms with Crippen molar-refractivity contribution in [2.75, 3.05) is 13.2 Å². The van der Waals surface area contributed by atoms with Crippen LogP contribution in [0.3, 0.4) is 0 Å². The number of aliphatic hydroxyl groups is 1. The summed E-state index contributed by atoms with van der Waals surface area (Å²) < 4.78 is 34.2. The molecule has 0 bridgehead atoms. The summed E-state index contributed by atoms with van der Waals surface area (Å²) >= 11 is 0. The molecule has 0 heterocycles. The lowest BCUT2D eigenvalue weighted by atomic mass is 10.0. The van der Waals surface area contributed by atoms with Crippen LogP contribution in [0.2, 0.25) is 0 Å². The van der Waals surface area contributed by atoms with Crippen molar-refractivity contribution in [2.24, 2.45) is 11.7 Å². The van der Waals surface area contributed by atoms with Crippen LogP contribution in [0.5, 0.6) is 5.75 Å². The van der Waals surface area contributed by atoms with Crippen molar-refractivity contribution in [2.45, 2.75) is 71.8 Å². The van der Waals surface area contributed by atoms with Crippen molar-refractivity contribution >= 4 is 25.7 Å². The molecule has 0 saturated carbocycles. The first-order valence-electron chi connectivity index (χ1n) is 12.7. The number of phosphoric acid groups is 1. The quantitative estimate of drug-likeness (QED) is 0.158. The van der Waals surface area contributed by atoms with E-state index >= 15 is 0 Å². The van der Waals surface area contributed by atoms with Crippen LogP contribution in [0.15, 0.2) is 43.5 Å². The van der Waals surface area contributed by atoms with Gasteiger partial charge in [-0.1, -0.05) is 32.1 Å². The van der Waals surface area contributed by atoms with E-state index in [4.69, 9.17) is 24.0 Å². The summed E-state index contributed by atoms with van der Waals surface area (Å²) in [7, 11) is -4.08. The van der Waals surface area contributed by atoms with Gasteiger partial charge in [-0.2, -0.15) is 0 Å². The van der Waals surface area contributed by atoms with E-state index in [1.165, 1.54) is 24.3 Å². The number of aliphatic hydroxyl groups excluding tert-OH is 1. The summed E-state index contributed by atoms with van der Waals surface area (Å²) in [5, 5.41) is 15.1. The Labute approximate surface area is 235 Å². The smallest absolute Gasteiger partial charge is 0.444 e. The maximum absolute atomic E-state index is 13.2. The van der Waals surface area contributed by atoms with Gasteiger partial charge in [0.2, 0.25) is 11.8 Å². The third-order valence-electron chi connectivity index (χ3n) is 5.02. The van der Waals surface area contributed by atoms with Crippen LogP contribution >= 0.6 is 7.82 Å². The maximum atomic E-state index is 13.2. The van der Waals surface area contributed by atoms with Crippen LogP contribution in [-0.2, 0) is 41.0 Å². The SMILES string of the molecule is C=CCOP(=O)(OCC=C)Oc1ccc(CC(NC(=O)OC(C)(C)C)C(=O)NC(CC(C)C)C(N)=O)cc1CO. The number of primary amides is 1. The van der Waals surface area contributed by atoms with Gasteiger partial charge in [0.25, 0.3) is 0 Å². The number of benzene rings is 1. The molecule has 0 saturated heterocycles. The van der Waals surface area contributed by atoms with Crippen LogP contribution in [0.1, 0.15) is 52.2 Å². The predicted molar refractivity (Wildman–Crippen MR) is 150 cm³/mol. The van der Waals surface area contributed by atoms with Crippen LogP contribution < -0.4 is 20.9 Å². The van der Waals surface area contributed by atoms with Crippen molar-refractivity contribution < 1.29 is 42.4 Å². The molecule has 0 fully saturated rings. The average Bonchev–Trinajstić information content (AvgIpc) is 2.84. The molecular weight excluding hydrogens is 541 g/mol. The zero-order valence-electron chi connectivity index (χ0n) is 23.8. The Hall–Kier alpha value is -3.18. The Kier molecular flexibility index (Phi) is 14.1. The third kappa shape index (κ3) is 12.8. The number of rotatable bonds is 17. The molecule has 3 amide bonds. The van der Waals surface area contributed by atoms with Gasteiger partial charge in [-0.3, -0.25) is 18.6 Å². The number of nitrogens with one attached hydrogen (secondary N) is 2. The van der Waals surface area contributed by atoms with Crippen LogP contribution in [0.4, 0.5) is 4.79 Å².